The molecule has 2 aromatic heterocycles. The molecule has 0 bridgehead atoms. The number of amides is 1. The summed E-state index contributed by atoms with van der Waals surface area (Å²) in [4.78, 5) is 20.7. The van der Waals surface area contributed by atoms with Crippen molar-refractivity contribution < 1.29 is 4.79 Å². The molecule has 1 aromatic carbocycles. The Morgan fingerprint density at radius 3 is 2.57 bits per heavy atom. The van der Waals surface area contributed by atoms with E-state index >= 15 is 0 Å². The smallest absolute Gasteiger partial charge is 0.255 e. The molecule has 1 saturated carbocycles. The van der Waals surface area contributed by atoms with Crippen LogP contribution in [0.15, 0.2) is 42.6 Å². The predicted octanol–water partition coefficient (Wildman–Crippen LogP) is 4.91. The molecule has 1 aliphatic carbocycles. The third kappa shape index (κ3) is 3.30. The topological polar surface area (TPSA) is 51.0 Å². The van der Waals surface area contributed by atoms with Gasteiger partial charge in [-0.05, 0) is 39.7 Å². The van der Waals surface area contributed by atoms with E-state index in [2.05, 4.69) is 23.8 Å². The van der Waals surface area contributed by atoms with Crippen molar-refractivity contribution >= 4 is 16.9 Å². The predicted molar refractivity (Wildman–Crippen MR) is 112 cm³/mol. The first-order chi connectivity index (χ1) is 13.6. The average molecular weight is 377 g/mol. The van der Waals surface area contributed by atoms with Crippen LogP contribution in [0.25, 0.3) is 22.3 Å². The molecule has 2 heterocycles. The molecule has 5 heteroatoms. The number of hydrogen-bond donors (Lipinski definition) is 0. The van der Waals surface area contributed by atoms with Crippen molar-refractivity contribution in [2.75, 3.05) is 0 Å². The molecular formula is C23H28N4O. The summed E-state index contributed by atoms with van der Waals surface area (Å²) in [7, 11) is 0. The molecule has 1 fully saturated rings. The Morgan fingerprint density at radius 2 is 1.93 bits per heavy atom. The van der Waals surface area contributed by atoms with E-state index in [1.807, 2.05) is 48.0 Å². The number of rotatable bonds is 5. The fourth-order valence-electron chi connectivity index (χ4n) is 4.36. The molecule has 4 rings (SSSR count). The van der Waals surface area contributed by atoms with E-state index in [1.54, 1.807) is 6.20 Å². The van der Waals surface area contributed by atoms with Gasteiger partial charge in [0.15, 0.2) is 5.65 Å². The molecule has 28 heavy (non-hydrogen) atoms. The molecule has 1 aliphatic rings. The number of carbonyl (C=O) groups excluding carboxylic acids is 1. The zero-order valence-corrected chi connectivity index (χ0v) is 16.9. The third-order valence-corrected chi connectivity index (χ3v) is 5.72. The lowest BCUT2D eigenvalue weighted by molar-refractivity contribution is 0.0615. The number of carbonyl (C=O) groups is 1. The van der Waals surface area contributed by atoms with E-state index in [-0.39, 0.29) is 11.9 Å². The van der Waals surface area contributed by atoms with Crippen LogP contribution in [-0.4, -0.2) is 37.7 Å². The highest BCUT2D eigenvalue weighted by Crippen LogP contribution is 2.30. The largest absolute Gasteiger partial charge is 0.333 e. The van der Waals surface area contributed by atoms with Crippen molar-refractivity contribution in [1.29, 1.82) is 0 Å². The average Bonchev–Trinajstić information content (AvgIpc) is 3.37. The molecule has 1 amide bonds. The van der Waals surface area contributed by atoms with E-state index in [0.717, 1.165) is 41.7 Å². The van der Waals surface area contributed by atoms with E-state index in [4.69, 9.17) is 4.98 Å². The van der Waals surface area contributed by atoms with Crippen LogP contribution in [0.3, 0.4) is 0 Å². The summed E-state index contributed by atoms with van der Waals surface area (Å²) in [5.74, 6) is 0.0992. The zero-order chi connectivity index (χ0) is 19.7. The van der Waals surface area contributed by atoms with Gasteiger partial charge in [-0.25, -0.2) is 9.67 Å². The molecule has 0 unspecified atom stereocenters. The minimum absolute atomic E-state index is 0.0992. The summed E-state index contributed by atoms with van der Waals surface area (Å²) < 4.78 is 1.87. The normalized spacial score (nSPS) is 14.9. The van der Waals surface area contributed by atoms with Crippen LogP contribution in [-0.2, 0) is 6.54 Å². The van der Waals surface area contributed by atoms with Crippen molar-refractivity contribution in [3.63, 3.8) is 0 Å². The van der Waals surface area contributed by atoms with Crippen LogP contribution in [0.4, 0.5) is 0 Å². The van der Waals surface area contributed by atoms with E-state index in [1.165, 1.54) is 12.8 Å². The van der Waals surface area contributed by atoms with Crippen LogP contribution >= 0.6 is 0 Å². The Balaban J connectivity index is 1.87. The van der Waals surface area contributed by atoms with Gasteiger partial charge in [0.05, 0.1) is 22.8 Å². The highest BCUT2D eigenvalue weighted by molar-refractivity contribution is 6.06. The maximum atomic E-state index is 13.7. The van der Waals surface area contributed by atoms with Gasteiger partial charge in [-0.15, -0.1) is 0 Å². The lowest BCUT2D eigenvalue weighted by Gasteiger charge is -2.33. The first kappa shape index (κ1) is 18.7. The Kier molecular flexibility index (Phi) is 5.16. The van der Waals surface area contributed by atoms with Crippen molar-refractivity contribution in [2.24, 2.45) is 0 Å². The highest BCUT2D eigenvalue weighted by atomic mass is 16.2. The monoisotopic (exact) mass is 376 g/mol. The van der Waals surface area contributed by atoms with Gasteiger partial charge in [0, 0.05) is 24.2 Å². The Hall–Kier alpha value is -2.69. The second-order valence-electron chi connectivity index (χ2n) is 7.86. The highest BCUT2D eigenvalue weighted by Gasteiger charge is 2.31. The van der Waals surface area contributed by atoms with Gasteiger partial charge in [0.25, 0.3) is 5.91 Å². The van der Waals surface area contributed by atoms with Crippen LogP contribution in [0.5, 0.6) is 0 Å². The number of benzene rings is 1. The molecule has 0 N–H and O–H groups in total. The molecule has 0 radical (unpaired) electrons. The van der Waals surface area contributed by atoms with Crippen molar-refractivity contribution in [1.82, 2.24) is 19.7 Å². The van der Waals surface area contributed by atoms with Crippen LogP contribution in [0.1, 0.15) is 56.8 Å². The van der Waals surface area contributed by atoms with Gasteiger partial charge in [-0.1, -0.05) is 43.2 Å². The molecule has 5 nitrogen and oxygen atoms in total. The maximum Gasteiger partial charge on any atom is 0.255 e. The Bertz CT molecular complexity index is 971. The van der Waals surface area contributed by atoms with Gasteiger partial charge in [-0.3, -0.25) is 4.79 Å². The first-order valence-electron chi connectivity index (χ1n) is 10.3. The zero-order valence-electron chi connectivity index (χ0n) is 16.9. The number of aromatic nitrogens is 3. The number of fused-ring (bicyclic) bond motifs is 1. The lowest BCUT2D eigenvalue weighted by Crippen LogP contribution is -2.43. The lowest BCUT2D eigenvalue weighted by atomic mass is 10.0. The van der Waals surface area contributed by atoms with Crippen molar-refractivity contribution in [2.45, 2.75) is 65.1 Å². The molecule has 0 saturated heterocycles. The molecule has 0 atom stereocenters. The first-order valence-corrected chi connectivity index (χ1v) is 10.3. The SMILES string of the molecule is CCn1ncc2c(C(=O)N(C(C)C)C3CCCC3)cc(-c3ccccc3)nc21. The molecule has 146 valence electrons. The maximum absolute atomic E-state index is 13.7. The molecule has 3 aromatic rings. The number of aryl methyl sites for hydroxylation is 1. The van der Waals surface area contributed by atoms with E-state index in [0.29, 0.717) is 11.6 Å². The van der Waals surface area contributed by atoms with Crippen LogP contribution in [0, 0.1) is 0 Å². The number of nitrogens with zero attached hydrogens (tertiary/aromatic N) is 4. The summed E-state index contributed by atoms with van der Waals surface area (Å²) in [5.41, 5.74) is 3.33. The third-order valence-electron chi connectivity index (χ3n) is 5.72. The second kappa shape index (κ2) is 7.74. The molecule has 0 spiro atoms. The van der Waals surface area contributed by atoms with Crippen LogP contribution < -0.4 is 0 Å². The number of pyridine rings is 1. The van der Waals surface area contributed by atoms with Gasteiger partial charge < -0.3 is 4.90 Å². The molecular weight excluding hydrogens is 348 g/mol. The van der Waals surface area contributed by atoms with Gasteiger partial charge >= 0.3 is 0 Å². The van der Waals surface area contributed by atoms with Crippen LogP contribution in [0.2, 0.25) is 0 Å². The van der Waals surface area contributed by atoms with Gasteiger partial charge in [0.1, 0.15) is 0 Å². The minimum Gasteiger partial charge on any atom is -0.333 e. The van der Waals surface area contributed by atoms with Crippen molar-refractivity contribution in [3.8, 4) is 11.3 Å². The standard InChI is InChI=1S/C23H28N4O/c1-4-26-22-20(15-24-26)19(14-21(25-22)17-10-6-5-7-11-17)23(28)27(16(2)3)18-12-8-9-13-18/h5-7,10-11,14-16,18H,4,8-9,12-13H2,1-3H3. The van der Waals surface area contributed by atoms with Crippen molar-refractivity contribution in [3.05, 3.63) is 48.2 Å². The Labute approximate surface area is 166 Å². The summed E-state index contributed by atoms with van der Waals surface area (Å²) >= 11 is 0. The van der Waals surface area contributed by atoms with E-state index in [9.17, 15) is 4.79 Å². The fourth-order valence-corrected chi connectivity index (χ4v) is 4.36. The molecule has 0 aliphatic heterocycles. The minimum atomic E-state index is 0.0992. The van der Waals surface area contributed by atoms with E-state index < -0.39 is 0 Å². The number of hydrogen-bond acceptors (Lipinski definition) is 3. The fraction of sp³-hybridized carbons (Fsp3) is 0.435. The second-order valence-corrected chi connectivity index (χ2v) is 7.86. The van der Waals surface area contributed by atoms with Gasteiger partial charge in [0.2, 0.25) is 0 Å². The summed E-state index contributed by atoms with van der Waals surface area (Å²) in [6, 6.07) is 12.5. The summed E-state index contributed by atoms with van der Waals surface area (Å²) in [6.07, 6.45) is 6.39. The Morgan fingerprint density at radius 1 is 1.21 bits per heavy atom. The summed E-state index contributed by atoms with van der Waals surface area (Å²) in [6.45, 7) is 6.99. The van der Waals surface area contributed by atoms with Gasteiger partial charge in [-0.2, -0.15) is 5.10 Å². The summed E-state index contributed by atoms with van der Waals surface area (Å²) in [5, 5.41) is 5.32. The quantitative estimate of drug-likeness (QED) is 0.636.